The lowest BCUT2D eigenvalue weighted by Gasteiger charge is -2.25. The van der Waals surface area contributed by atoms with Gasteiger partial charge in [0.15, 0.2) is 5.82 Å². The van der Waals surface area contributed by atoms with Crippen LogP contribution in [0, 0.1) is 6.92 Å². The lowest BCUT2D eigenvalue weighted by Crippen LogP contribution is -2.42. The molecule has 0 bridgehead atoms. The Labute approximate surface area is 184 Å². The molecule has 7 heteroatoms. The summed E-state index contributed by atoms with van der Waals surface area (Å²) in [7, 11) is 0. The maximum Gasteiger partial charge on any atom is 0.254 e. The molecule has 1 atom stereocenters. The molecular weight excluding hydrogens is 394 g/mol. The minimum atomic E-state index is -0.313. The molecule has 3 rings (SSSR count). The summed E-state index contributed by atoms with van der Waals surface area (Å²) < 4.78 is 10.7. The first kappa shape index (κ1) is 23.0. The van der Waals surface area contributed by atoms with Crippen LogP contribution >= 0.6 is 0 Å². The van der Waals surface area contributed by atoms with Crippen molar-refractivity contribution in [3.8, 4) is 0 Å². The van der Waals surface area contributed by atoms with Gasteiger partial charge in [0.05, 0.1) is 6.10 Å². The average Bonchev–Trinajstić information content (AvgIpc) is 3.42. The van der Waals surface area contributed by atoms with Gasteiger partial charge in [0, 0.05) is 24.8 Å². The zero-order valence-corrected chi connectivity index (χ0v) is 18.6. The van der Waals surface area contributed by atoms with Crippen molar-refractivity contribution >= 4 is 17.6 Å². The van der Waals surface area contributed by atoms with Crippen LogP contribution in [-0.2, 0) is 16.0 Å². The standard InChI is InChI=1S/C24H33N3O4/c1-3-4-5-6-8-19-10-12-20(13-11-19)24(29)27(16-21-9-7-14-30-21)17-23(28)25-22-15-18(2)31-26-22/h10-13,15,21H,3-9,14,16-17H2,1-2H3,(H,25,26,28)/t21-/m1/s1. The molecule has 0 spiro atoms. The molecule has 0 radical (unpaired) electrons. The monoisotopic (exact) mass is 427 g/mol. The van der Waals surface area contributed by atoms with E-state index in [1.165, 1.54) is 24.8 Å². The Kier molecular flexibility index (Phi) is 8.64. The van der Waals surface area contributed by atoms with Crippen LogP contribution < -0.4 is 5.32 Å². The summed E-state index contributed by atoms with van der Waals surface area (Å²) in [6.45, 7) is 4.98. The first-order valence-electron chi connectivity index (χ1n) is 11.3. The average molecular weight is 428 g/mol. The Hall–Kier alpha value is -2.67. The second kappa shape index (κ2) is 11.6. The third-order valence-electron chi connectivity index (χ3n) is 5.49. The van der Waals surface area contributed by atoms with E-state index in [0.29, 0.717) is 30.3 Å². The number of amides is 2. The summed E-state index contributed by atoms with van der Waals surface area (Å²) in [6, 6.07) is 9.39. The minimum Gasteiger partial charge on any atom is -0.376 e. The molecule has 7 nitrogen and oxygen atoms in total. The van der Waals surface area contributed by atoms with Gasteiger partial charge in [-0.15, -0.1) is 0 Å². The largest absolute Gasteiger partial charge is 0.376 e. The summed E-state index contributed by atoms with van der Waals surface area (Å²) in [5.41, 5.74) is 1.82. The lowest BCUT2D eigenvalue weighted by molar-refractivity contribution is -0.117. The molecule has 1 aromatic heterocycles. The first-order chi connectivity index (χ1) is 15.0. The summed E-state index contributed by atoms with van der Waals surface area (Å²) in [6.07, 6.45) is 7.72. The summed E-state index contributed by atoms with van der Waals surface area (Å²) in [4.78, 5) is 27.3. The van der Waals surface area contributed by atoms with Gasteiger partial charge in [0.1, 0.15) is 12.3 Å². The van der Waals surface area contributed by atoms with E-state index in [2.05, 4.69) is 17.4 Å². The summed E-state index contributed by atoms with van der Waals surface area (Å²) in [5.74, 6) is 0.475. The third kappa shape index (κ3) is 7.21. The van der Waals surface area contributed by atoms with Crippen LogP contribution in [0.4, 0.5) is 5.82 Å². The Morgan fingerprint density at radius 1 is 1.19 bits per heavy atom. The fourth-order valence-corrected chi connectivity index (χ4v) is 3.79. The number of carbonyl (C=O) groups is 2. The number of carbonyl (C=O) groups excluding carboxylic acids is 2. The van der Waals surface area contributed by atoms with E-state index in [-0.39, 0.29) is 24.5 Å². The van der Waals surface area contributed by atoms with Gasteiger partial charge in [0.2, 0.25) is 5.91 Å². The molecule has 168 valence electrons. The molecule has 31 heavy (non-hydrogen) atoms. The van der Waals surface area contributed by atoms with Gasteiger partial charge in [0.25, 0.3) is 5.91 Å². The number of hydrogen-bond acceptors (Lipinski definition) is 5. The van der Waals surface area contributed by atoms with Crippen molar-refractivity contribution in [2.75, 3.05) is 25.0 Å². The van der Waals surface area contributed by atoms with Gasteiger partial charge >= 0.3 is 0 Å². The Morgan fingerprint density at radius 3 is 2.65 bits per heavy atom. The van der Waals surface area contributed by atoms with E-state index in [1.807, 2.05) is 24.3 Å². The molecule has 1 fully saturated rings. The zero-order chi connectivity index (χ0) is 22.1. The fourth-order valence-electron chi connectivity index (χ4n) is 3.79. The van der Waals surface area contributed by atoms with Gasteiger partial charge in [-0.05, 0) is 50.3 Å². The van der Waals surface area contributed by atoms with Crippen LogP contribution in [0.3, 0.4) is 0 Å². The zero-order valence-electron chi connectivity index (χ0n) is 18.6. The molecule has 2 amide bonds. The van der Waals surface area contributed by atoms with Crippen molar-refractivity contribution in [1.29, 1.82) is 0 Å². The maximum absolute atomic E-state index is 13.2. The number of nitrogens with one attached hydrogen (secondary N) is 1. The van der Waals surface area contributed by atoms with Crippen LogP contribution in [0.5, 0.6) is 0 Å². The number of ether oxygens (including phenoxy) is 1. The van der Waals surface area contributed by atoms with Crippen molar-refractivity contribution in [2.24, 2.45) is 0 Å². The first-order valence-corrected chi connectivity index (χ1v) is 11.3. The molecule has 1 aliphatic rings. The number of unbranched alkanes of at least 4 members (excludes halogenated alkanes) is 3. The van der Waals surface area contributed by atoms with Gasteiger partial charge in [-0.2, -0.15) is 0 Å². The highest BCUT2D eigenvalue weighted by Gasteiger charge is 2.25. The number of benzene rings is 1. The SMILES string of the molecule is CCCCCCc1ccc(C(=O)N(CC(=O)Nc2cc(C)on2)C[C@H]2CCCO2)cc1. The lowest BCUT2D eigenvalue weighted by atomic mass is 10.0. The van der Waals surface area contributed by atoms with Gasteiger partial charge in [-0.1, -0.05) is 43.5 Å². The van der Waals surface area contributed by atoms with Crippen molar-refractivity contribution in [3.63, 3.8) is 0 Å². The quantitative estimate of drug-likeness (QED) is 0.539. The molecule has 1 aromatic carbocycles. The van der Waals surface area contributed by atoms with Crippen molar-refractivity contribution in [2.45, 2.75) is 64.9 Å². The van der Waals surface area contributed by atoms with Crippen LogP contribution in [0.15, 0.2) is 34.9 Å². The number of anilines is 1. The molecule has 1 aliphatic heterocycles. The number of aryl methyl sites for hydroxylation is 2. The second-order valence-electron chi connectivity index (χ2n) is 8.20. The predicted molar refractivity (Wildman–Crippen MR) is 119 cm³/mol. The molecule has 0 unspecified atom stereocenters. The second-order valence-corrected chi connectivity index (χ2v) is 8.20. The highest BCUT2D eigenvalue weighted by atomic mass is 16.5. The molecule has 2 aromatic rings. The highest BCUT2D eigenvalue weighted by molar-refractivity contribution is 5.99. The van der Waals surface area contributed by atoms with Gasteiger partial charge in [-0.3, -0.25) is 9.59 Å². The normalized spacial score (nSPS) is 15.7. The van der Waals surface area contributed by atoms with Crippen LogP contribution in [0.1, 0.15) is 67.1 Å². The Morgan fingerprint density at radius 2 is 2.00 bits per heavy atom. The molecule has 0 aliphatic carbocycles. The number of aromatic nitrogens is 1. The van der Waals surface area contributed by atoms with Crippen LogP contribution in [0.2, 0.25) is 0 Å². The van der Waals surface area contributed by atoms with E-state index >= 15 is 0 Å². The van der Waals surface area contributed by atoms with E-state index in [0.717, 1.165) is 25.7 Å². The van der Waals surface area contributed by atoms with E-state index in [4.69, 9.17) is 9.26 Å². The molecule has 0 saturated carbocycles. The summed E-state index contributed by atoms with van der Waals surface area (Å²) in [5, 5.41) is 6.47. The minimum absolute atomic E-state index is 0.0381. The van der Waals surface area contributed by atoms with E-state index < -0.39 is 0 Å². The van der Waals surface area contributed by atoms with Gasteiger partial charge in [-0.25, -0.2) is 0 Å². The molecular formula is C24H33N3O4. The molecule has 2 heterocycles. The maximum atomic E-state index is 13.2. The fraction of sp³-hybridized carbons (Fsp3) is 0.542. The Balaban J connectivity index is 1.63. The smallest absolute Gasteiger partial charge is 0.254 e. The molecule has 1 N–H and O–H groups in total. The van der Waals surface area contributed by atoms with E-state index in [1.54, 1.807) is 17.9 Å². The molecule has 1 saturated heterocycles. The van der Waals surface area contributed by atoms with Crippen molar-refractivity contribution in [1.82, 2.24) is 10.1 Å². The van der Waals surface area contributed by atoms with Gasteiger partial charge < -0.3 is 19.5 Å². The topological polar surface area (TPSA) is 84.7 Å². The predicted octanol–water partition coefficient (Wildman–Crippen LogP) is 4.37. The number of hydrogen-bond donors (Lipinski definition) is 1. The van der Waals surface area contributed by atoms with Crippen molar-refractivity contribution in [3.05, 3.63) is 47.2 Å². The third-order valence-corrected chi connectivity index (χ3v) is 5.49. The highest BCUT2D eigenvalue weighted by Crippen LogP contribution is 2.17. The van der Waals surface area contributed by atoms with Crippen LogP contribution in [0.25, 0.3) is 0 Å². The summed E-state index contributed by atoms with van der Waals surface area (Å²) >= 11 is 0. The number of rotatable bonds is 11. The van der Waals surface area contributed by atoms with Crippen molar-refractivity contribution < 1.29 is 18.8 Å². The Bertz CT molecular complexity index is 841. The number of nitrogens with zero attached hydrogens (tertiary/aromatic N) is 2. The van der Waals surface area contributed by atoms with E-state index in [9.17, 15) is 9.59 Å². The van der Waals surface area contributed by atoms with Crippen LogP contribution in [-0.4, -0.2) is 47.7 Å².